The SMILES string of the molecule is CCCNC1CC(Oc2cc([N+](=O)[O-])ccc2Br)C1OC. The molecule has 0 spiro atoms. The van der Waals surface area contributed by atoms with Gasteiger partial charge in [0.2, 0.25) is 0 Å². The van der Waals surface area contributed by atoms with Crippen LogP contribution in [0.2, 0.25) is 0 Å². The smallest absolute Gasteiger partial charge is 0.273 e. The Hall–Kier alpha value is -1.18. The van der Waals surface area contributed by atoms with Gasteiger partial charge in [0.15, 0.2) is 0 Å². The van der Waals surface area contributed by atoms with Crippen molar-refractivity contribution in [3.05, 3.63) is 32.8 Å². The lowest BCUT2D eigenvalue weighted by molar-refractivity contribution is -0.385. The summed E-state index contributed by atoms with van der Waals surface area (Å²) in [6, 6.07) is 4.78. The molecule has 7 heteroatoms. The molecule has 0 heterocycles. The van der Waals surface area contributed by atoms with Crippen LogP contribution in [0.15, 0.2) is 22.7 Å². The van der Waals surface area contributed by atoms with E-state index in [1.807, 2.05) is 0 Å². The summed E-state index contributed by atoms with van der Waals surface area (Å²) in [5, 5.41) is 14.2. The van der Waals surface area contributed by atoms with Gasteiger partial charge < -0.3 is 14.8 Å². The highest BCUT2D eigenvalue weighted by molar-refractivity contribution is 9.10. The Morgan fingerprint density at radius 3 is 2.90 bits per heavy atom. The van der Waals surface area contributed by atoms with Gasteiger partial charge in [-0.3, -0.25) is 10.1 Å². The van der Waals surface area contributed by atoms with Gasteiger partial charge >= 0.3 is 0 Å². The summed E-state index contributed by atoms with van der Waals surface area (Å²) in [5.41, 5.74) is 0.0159. The summed E-state index contributed by atoms with van der Waals surface area (Å²) in [4.78, 5) is 10.4. The molecule has 0 amide bonds. The second-order valence-corrected chi connectivity index (χ2v) is 5.88. The highest BCUT2D eigenvalue weighted by atomic mass is 79.9. The first-order chi connectivity index (χ1) is 10.1. The second kappa shape index (κ2) is 7.20. The van der Waals surface area contributed by atoms with Gasteiger partial charge in [-0.15, -0.1) is 0 Å². The van der Waals surface area contributed by atoms with Crippen LogP contribution >= 0.6 is 15.9 Å². The molecule has 1 N–H and O–H groups in total. The highest BCUT2D eigenvalue weighted by Gasteiger charge is 2.43. The van der Waals surface area contributed by atoms with Crippen molar-refractivity contribution < 1.29 is 14.4 Å². The van der Waals surface area contributed by atoms with E-state index in [2.05, 4.69) is 28.2 Å². The summed E-state index contributed by atoms with van der Waals surface area (Å²) in [6.45, 7) is 3.05. The Balaban J connectivity index is 2.02. The molecule has 6 nitrogen and oxygen atoms in total. The monoisotopic (exact) mass is 358 g/mol. The number of ether oxygens (including phenoxy) is 2. The molecule has 116 valence electrons. The molecule has 0 radical (unpaired) electrons. The third-order valence-corrected chi connectivity index (χ3v) is 4.24. The standard InChI is InChI=1S/C14H19BrN2O4/c1-3-6-16-11-8-13(14(11)20-2)21-12-7-9(17(18)19)4-5-10(12)15/h4-5,7,11,13-14,16H,3,6,8H2,1-2H3. The number of halogens is 1. The van der Waals surface area contributed by atoms with E-state index in [9.17, 15) is 10.1 Å². The molecule has 1 fully saturated rings. The molecule has 21 heavy (non-hydrogen) atoms. The van der Waals surface area contributed by atoms with Gasteiger partial charge in [-0.25, -0.2) is 0 Å². The topological polar surface area (TPSA) is 73.6 Å². The van der Waals surface area contributed by atoms with Crippen molar-refractivity contribution >= 4 is 21.6 Å². The number of rotatable bonds is 7. The minimum absolute atomic E-state index is 0.0159. The third-order valence-electron chi connectivity index (χ3n) is 3.58. The summed E-state index contributed by atoms with van der Waals surface area (Å²) in [6.07, 6.45) is 1.76. The van der Waals surface area contributed by atoms with Crippen molar-refractivity contribution in [3.8, 4) is 5.75 Å². The number of nitro benzene ring substituents is 1. The predicted molar refractivity (Wildman–Crippen MR) is 82.7 cm³/mol. The van der Waals surface area contributed by atoms with Crippen molar-refractivity contribution in [2.75, 3.05) is 13.7 Å². The number of methoxy groups -OCH3 is 1. The van der Waals surface area contributed by atoms with Crippen LogP contribution in [0, 0.1) is 10.1 Å². The number of hydrogen-bond donors (Lipinski definition) is 1. The normalized spacial score (nSPS) is 24.4. The van der Waals surface area contributed by atoms with Gasteiger partial charge in [-0.1, -0.05) is 6.92 Å². The average molecular weight is 359 g/mol. The first-order valence-electron chi connectivity index (χ1n) is 6.93. The quantitative estimate of drug-likeness (QED) is 0.599. The van der Waals surface area contributed by atoms with Gasteiger partial charge in [0.1, 0.15) is 18.0 Å². The second-order valence-electron chi connectivity index (χ2n) is 5.02. The first kappa shape index (κ1) is 16.2. The minimum atomic E-state index is -0.431. The van der Waals surface area contributed by atoms with Crippen LogP contribution < -0.4 is 10.1 Å². The van der Waals surface area contributed by atoms with E-state index in [0.29, 0.717) is 10.2 Å². The van der Waals surface area contributed by atoms with Crippen LogP contribution in [-0.2, 0) is 4.74 Å². The maximum absolute atomic E-state index is 10.8. The molecule has 0 bridgehead atoms. The Labute approximate surface area is 132 Å². The lowest BCUT2D eigenvalue weighted by Gasteiger charge is -2.43. The number of hydrogen-bond acceptors (Lipinski definition) is 5. The van der Waals surface area contributed by atoms with E-state index >= 15 is 0 Å². The van der Waals surface area contributed by atoms with Crippen LogP contribution in [0.3, 0.4) is 0 Å². The first-order valence-corrected chi connectivity index (χ1v) is 7.73. The Morgan fingerprint density at radius 1 is 1.52 bits per heavy atom. The van der Waals surface area contributed by atoms with E-state index < -0.39 is 4.92 Å². The molecule has 0 saturated heterocycles. The van der Waals surface area contributed by atoms with E-state index in [-0.39, 0.29) is 23.9 Å². The summed E-state index contributed by atoms with van der Waals surface area (Å²) in [7, 11) is 1.66. The zero-order valence-corrected chi connectivity index (χ0v) is 13.6. The van der Waals surface area contributed by atoms with Crippen molar-refractivity contribution in [3.63, 3.8) is 0 Å². The van der Waals surface area contributed by atoms with Crippen molar-refractivity contribution in [2.24, 2.45) is 0 Å². The Kier molecular flexibility index (Phi) is 5.55. The van der Waals surface area contributed by atoms with E-state index in [0.717, 1.165) is 19.4 Å². The van der Waals surface area contributed by atoms with Gasteiger partial charge in [0, 0.05) is 25.6 Å². The number of non-ortho nitro benzene ring substituents is 1. The molecule has 1 aliphatic carbocycles. The van der Waals surface area contributed by atoms with Gasteiger partial charge in [0.05, 0.1) is 15.5 Å². The molecule has 0 aliphatic heterocycles. The fraction of sp³-hybridized carbons (Fsp3) is 0.571. The largest absolute Gasteiger partial charge is 0.486 e. The van der Waals surface area contributed by atoms with E-state index in [1.54, 1.807) is 13.2 Å². The molecule has 3 atom stereocenters. The van der Waals surface area contributed by atoms with Crippen molar-refractivity contribution in [2.45, 2.75) is 38.0 Å². The van der Waals surface area contributed by atoms with Gasteiger partial charge in [-0.05, 0) is 35.0 Å². The number of benzene rings is 1. The third kappa shape index (κ3) is 3.72. The molecule has 1 aromatic carbocycles. The van der Waals surface area contributed by atoms with Crippen LogP contribution in [0.4, 0.5) is 5.69 Å². The molecule has 0 aromatic heterocycles. The lowest BCUT2D eigenvalue weighted by Crippen LogP contribution is -2.61. The zero-order valence-electron chi connectivity index (χ0n) is 12.0. The van der Waals surface area contributed by atoms with Gasteiger partial charge in [-0.2, -0.15) is 0 Å². The zero-order chi connectivity index (χ0) is 15.4. The molecular formula is C14H19BrN2O4. The highest BCUT2D eigenvalue weighted by Crippen LogP contribution is 2.34. The molecule has 1 aliphatic rings. The lowest BCUT2D eigenvalue weighted by atomic mass is 9.85. The van der Waals surface area contributed by atoms with Crippen LogP contribution in [0.5, 0.6) is 5.75 Å². The van der Waals surface area contributed by atoms with Crippen LogP contribution in [0.25, 0.3) is 0 Å². The van der Waals surface area contributed by atoms with Crippen molar-refractivity contribution in [1.29, 1.82) is 0 Å². The van der Waals surface area contributed by atoms with Crippen LogP contribution in [-0.4, -0.2) is 36.8 Å². The fourth-order valence-electron chi connectivity index (χ4n) is 2.40. The van der Waals surface area contributed by atoms with Crippen LogP contribution in [0.1, 0.15) is 19.8 Å². The summed E-state index contributed by atoms with van der Waals surface area (Å²) < 4.78 is 12.0. The fourth-order valence-corrected chi connectivity index (χ4v) is 2.74. The summed E-state index contributed by atoms with van der Waals surface area (Å²) >= 11 is 3.36. The Morgan fingerprint density at radius 2 is 2.29 bits per heavy atom. The van der Waals surface area contributed by atoms with Gasteiger partial charge in [0.25, 0.3) is 5.69 Å². The molecule has 2 rings (SSSR count). The predicted octanol–water partition coefficient (Wildman–Crippen LogP) is 2.89. The number of nitrogens with zero attached hydrogens (tertiary/aromatic N) is 1. The van der Waals surface area contributed by atoms with Crippen molar-refractivity contribution in [1.82, 2.24) is 5.32 Å². The molecule has 3 unspecified atom stereocenters. The molecular weight excluding hydrogens is 340 g/mol. The van der Waals surface area contributed by atoms with E-state index in [4.69, 9.17) is 9.47 Å². The molecule has 1 aromatic rings. The maximum Gasteiger partial charge on any atom is 0.273 e. The minimum Gasteiger partial charge on any atom is -0.486 e. The average Bonchev–Trinajstić information content (AvgIpc) is 2.43. The number of nitrogens with one attached hydrogen (secondary N) is 1. The summed E-state index contributed by atoms with van der Waals surface area (Å²) in [5.74, 6) is 0.477. The van der Waals surface area contributed by atoms with E-state index in [1.165, 1.54) is 12.1 Å². The maximum atomic E-state index is 10.8. The molecule has 1 saturated carbocycles. The number of nitro groups is 1. The Bertz CT molecular complexity index is 512.